The summed E-state index contributed by atoms with van der Waals surface area (Å²) in [7, 11) is 1.17. The molecule has 0 amide bonds. The van der Waals surface area contributed by atoms with E-state index in [0.717, 1.165) is 11.8 Å². The van der Waals surface area contributed by atoms with Crippen LogP contribution in [0.5, 0.6) is 11.6 Å². The number of methoxy groups -OCH3 is 2. The molecule has 1 aliphatic heterocycles. The van der Waals surface area contributed by atoms with E-state index >= 15 is 0 Å². The van der Waals surface area contributed by atoms with Crippen molar-refractivity contribution in [1.82, 2.24) is 15.3 Å². The average Bonchev–Trinajstić information content (AvgIpc) is 2.92. The number of hydrogen-bond donors (Lipinski definition) is 2. The fourth-order valence-corrected chi connectivity index (χ4v) is 5.84. The summed E-state index contributed by atoms with van der Waals surface area (Å²) in [5.74, 6) is 1.10. The zero-order valence-corrected chi connectivity index (χ0v) is 25.1. The van der Waals surface area contributed by atoms with Crippen LogP contribution in [0.1, 0.15) is 50.1 Å². The molecule has 3 atom stereocenters. The highest BCUT2D eigenvalue weighted by Gasteiger charge is 2.41. The molecule has 0 aliphatic carbocycles. The molecule has 2 N–H and O–H groups in total. The number of benzene rings is 1. The maximum atomic E-state index is 11.5. The van der Waals surface area contributed by atoms with Gasteiger partial charge in [-0.1, -0.05) is 39.5 Å². The molecule has 1 fully saturated rings. The van der Waals surface area contributed by atoms with E-state index in [9.17, 15) is 5.11 Å². The van der Waals surface area contributed by atoms with E-state index in [-0.39, 0.29) is 17.2 Å². The van der Waals surface area contributed by atoms with Crippen molar-refractivity contribution in [2.45, 2.75) is 63.6 Å². The van der Waals surface area contributed by atoms with Crippen molar-refractivity contribution in [3.05, 3.63) is 66.0 Å². The van der Waals surface area contributed by atoms with Gasteiger partial charge in [0.1, 0.15) is 17.4 Å². The van der Waals surface area contributed by atoms with Crippen LogP contribution in [-0.4, -0.2) is 63.0 Å². The minimum atomic E-state index is -2.01. The van der Waals surface area contributed by atoms with Crippen molar-refractivity contribution in [3.63, 3.8) is 0 Å². The summed E-state index contributed by atoms with van der Waals surface area (Å²) in [5, 5.41) is 15.9. The highest BCUT2D eigenvalue weighted by atomic mass is 28.4. The molecule has 2 aromatic heterocycles. The Morgan fingerprint density at radius 2 is 1.95 bits per heavy atom. The van der Waals surface area contributed by atoms with Crippen LogP contribution in [0, 0.1) is 0 Å². The van der Waals surface area contributed by atoms with E-state index in [2.05, 4.69) is 50.7 Å². The van der Waals surface area contributed by atoms with Crippen LogP contribution in [0.4, 0.5) is 0 Å². The monoisotopic (exact) mass is 551 g/mol. The molecule has 3 aromatic rings. The lowest BCUT2D eigenvalue weighted by atomic mass is 9.97. The molecule has 1 aromatic carbocycles. The SMILES string of the molecule is C=C(N[C@H]1CCOC[C@@H]1O[Si](C)(C)C(C)(C)C)c1cc(C(O)c2ccc(OC)nc2)c2cccc(OC)c2n1. The summed E-state index contributed by atoms with van der Waals surface area (Å²) < 4.78 is 23.4. The molecule has 8 nitrogen and oxygen atoms in total. The number of nitrogens with zero attached hydrogens (tertiary/aromatic N) is 2. The molecule has 0 radical (unpaired) electrons. The molecule has 1 unspecified atom stereocenters. The van der Waals surface area contributed by atoms with Crippen molar-refractivity contribution in [2.75, 3.05) is 27.4 Å². The number of aliphatic hydroxyl groups excluding tert-OH is 1. The normalized spacial score (nSPS) is 19.0. The van der Waals surface area contributed by atoms with Crippen molar-refractivity contribution in [1.29, 1.82) is 0 Å². The molecule has 210 valence electrons. The van der Waals surface area contributed by atoms with E-state index in [1.165, 1.54) is 0 Å². The second-order valence-electron chi connectivity index (χ2n) is 11.5. The van der Waals surface area contributed by atoms with Crippen LogP contribution in [0.3, 0.4) is 0 Å². The predicted octanol–water partition coefficient (Wildman–Crippen LogP) is 5.47. The van der Waals surface area contributed by atoms with E-state index in [1.807, 2.05) is 24.3 Å². The van der Waals surface area contributed by atoms with Gasteiger partial charge in [0.2, 0.25) is 5.88 Å². The summed E-state index contributed by atoms with van der Waals surface area (Å²) in [6.07, 6.45) is 1.38. The maximum Gasteiger partial charge on any atom is 0.212 e. The van der Waals surface area contributed by atoms with Gasteiger partial charge in [0.15, 0.2) is 8.32 Å². The number of ether oxygens (including phenoxy) is 3. The molecule has 1 aliphatic rings. The van der Waals surface area contributed by atoms with Gasteiger partial charge in [0, 0.05) is 29.8 Å². The quantitative estimate of drug-likeness (QED) is 0.338. The number of nitrogens with one attached hydrogen (secondary N) is 1. The second kappa shape index (κ2) is 11.6. The Balaban J connectivity index is 1.68. The summed E-state index contributed by atoms with van der Waals surface area (Å²) in [6.45, 7) is 16.8. The standard InChI is InChI=1S/C30H41N3O5Si/c1-19(32-23-14-15-37-18-26(23)38-39(7,8)30(2,3)4)24-16-22(21-10-9-11-25(35-5)28(21)33-24)29(34)20-12-13-27(36-6)31-17-20/h9-13,16-17,23,26,29,32,34H,1,14-15,18H2,2-8H3/t23-,26-,29?/m0/s1. The Labute approximate surface area is 232 Å². The van der Waals surface area contributed by atoms with Gasteiger partial charge >= 0.3 is 0 Å². The topological polar surface area (TPSA) is 95.0 Å². The fourth-order valence-electron chi connectivity index (χ4n) is 4.49. The minimum Gasteiger partial charge on any atom is -0.494 e. The lowest BCUT2D eigenvalue weighted by Gasteiger charge is -2.43. The Kier molecular flexibility index (Phi) is 8.65. The van der Waals surface area contributed by atoms with Crippen LogP contribution >= 0.6 is 0 Å². The Hall–Kier alpha value is -2.98. The lowest BCUT2D eigenvalue weighted by Crippen LogP contribution is -2.54. The molecule has 0 spiro atoms. The van der Waals surface area contributed by atoms with Gasteiger partial charge < -0.3 is 29.1 Å². The van der Waals surface area contributed by atoms with Gasteiger partial charge in [0.05, 0.1) is 44.4 Å². The van der Waals surface area contributed by atoms with E-state index < -0.39 is 14.4 Å². The van der Waals surface area contributed by atoms with Crippen LogP contribution in [0.25, 0.3) is 16.6 Å². The number of aromatic nitrogens is 2. The molecular formula is C30H41N3O5Si. The average molecular weight is 552 g/mol. The Bertz CT molecular complexity index is 1310. The number of fused-ring (bicyclic) bond motifs is 1. The maximum absolute atomic E-state index is 11.5. The van der Waals surface area contributed by atoms with Gasteiger partial charge in [-0.25, -0.2) is 9.97 Å². The van der Waals surface area contributed by atoms with Crippen LogP contribution in [0.2, 0.25) is 18.1 Å². The van der Waals surface area contributed by atoms with Crippen molar-refractivity contribution in [3.8, 4) is 11.6 Å². The third-order valence-electron chi connectivity index (χ3n) is 7.86. The number of rotatable bonds is 9. The first-order valence-corrected chi connectivity index (χ1v) is 16.2. The third kappa shape index (κ3) is 6.27. The molecule has 9 heteroatoms. The van der Waals surface area contributed by atoms with Gasteiger partial charge in [-0.3, -0.25) is 0 Å². The summed E-state index contributed by atoms with van der Waals surface area (Å²) in [5.41, 5.74) is 3.25. The molecule has 39 heavy (non-hydrogen) atoms. The highest BCUT2D eigenvalue weighted by Crippen LogP contribution is 2.39. The molecule has 1 saturated heterocycles. The number of aliphatic hydroxyl groups is 1. The molecule has 0 saturated carbocycles. The van der Waals surface area contributed by atoms with E-state index in [4.69, 9.17) is 23.6 Å². The van der Waals surface area contributed by atoms with Gasteiger partial charge in [-0.15, -0.1) is 0 Å². The van der Waals surface area contributed by atoms with E-state index in [1.54, 1.807) is 32.5 Å². The van der Waals surface area contributed by atoms with E-state index in [0.29, 0.717) is 52.9 Å². The van der Waals surface area contributed by atoms with Crippen molar-refractivity contribution < 1.29 is 23.7 Å². The third-order valence-corrected chi connectivity index (χ3v) is 12.4. The first kappa shape index (κ1) is 29.0. The molecular weight excluding hydrogens is 510 g/mol. The van der Waals surface area contributed by atoms with Crippen LogP contribution in [0.15, 0.2) is 49.2 Å². The molecule has 0 bridgehead atoms. The summed E-state index contributed by atoms with van der Waals surface area (Å²) in [6, 6.07) is 11.1. The van der Waals surface area contributed by atoms with Crippen molar-refractivity contribution >= 4 is 24.9 Å². The van der Waals surface area contributed by atoms with Gasteiger partial charge in [-0.2, -0.15) is 0 Å². The lowest BCUT2D eigenvalue weighted by molar-refractivity contribution is -0.0171. The van der Waals surface area contributed by atoms with Crippen LogP contribution < -0.4 is 14.8 Å². The summed E-state index contributed by atoms with van der Waals surface area (Å²) >= 11 is 0. The minimum absolute atomic E-state index is 0.0229. The fraction of sp³-hybridized carbons (Fsp3) is 0.467. The highest BCUT2D eigenvalue weighted by molar-refractivity contribution is 6.74. The zero-order chi connectivity index (χ0) is 28.4. The number of hydrogen-bond acceptors (Lipinski definition) is 8. The largest absolute Gasteiger partial charge is 0.494 e. The second-order valence-corrected chi connectivity index (χ2v) is 16.3. The molecule has 4 rings (SSSR count). The first-order chi connectivity index (χ1) is 18.4. The van der Waals surface area contributed by atoms with Crippen LogP contribution in [-0.2, 0) is 9.16 Å². The first-order valence-electron chi connectivity index (χ1n) is 13.3. The number of pyridine rings is 2. The Morgan fingerprint density at radius 1 is 1.18 bits per heavy atom. The summed E-state index contributed by atoms with van der Waals surface area (Å²) in [4.78, 5) is 9.19. The van der Waals surface area contributed by atoms with Gasteiger partial charge in [0.25, 0.3) is 0 Å². The Morgan fingerprint density at radius 3 is 2.59 bits per heavy atom. The zero-order valence-electron chi connectivity index (χ0n) is 24.1. The number of para-hydroxylation sites is 1. The van der Waals surface area contributed by atoms with Crippen molar-refractivity contribution in [2.24, 2.45) is 0 Å². The van der Waals surface area contributed by atoms with Gasteiger partial charge in [-0.05, 0) is 48.3 Å². The predicted molar refractivity (Wildman–Crippen MR) is 157 cm³/mol. The molecule has 3 heterocycles. The smallest absolute Gasteiger partial charge is 0.212 e.